The second-order valence-corrected chi connectivity index (χ2v) is 12.5. The number of amides is 2. The number of nitrogens with one attached hydrogen (secondary N) is 1. The van der Waals surface area contributed by atoms with Crippen LogP contribution >= 0.6 is 11.6 Å². The standard InChI is InChI=1S/C31H38ClN3O4S/c1-6-19-33-31(37)24(5)34(20-25-9-13-27(32)14-10-25)30(36)21-35(28-15-11-26(12-16-28)22(2)3)40(38,39)29-17-7-23(4)8-18-29/h7-18,22,24H,6,19-21H2,1-5H3,(H,33,37)/t24-/m0/s1. The first kappa shape index (κ1) is 31.2. The fraction of sp³-hybridized carbons (Fsp3) is 0.355. The summed E-state index contributed by atoms with van der Waals surface area (Å²) in [4.78, 5) is 28.4. The summed E-state index contributed by atoms with van der Waals surface area (Å²) in [5, 5.41) is 3.39. The molecule has 40 heavy (non-hydrogen) atoms. The molecule has 0 fully saturated rings. The first-order chi connectivity index (χ1) is 18.9. The normalized spacial score (nSPS) is 12.2. The van der Waals surface area contributed by atoms with Crippen LogP contribution < -0.4 is 9.62 Å². The van der Waals surface area contributed by atoms with E-state index < -0.39 is 28.5 Å². The Kier molecular flexibility index (Phi) is 10.8. The average Bonchev–Trinajstić information content (AvgIpc) is 2.94. The van der Waals surface area contributed by atoms with E-state index in [1.165, 1.54) is 17.0 Å². The van der Waals surface area contributed by atoms with Crippen molar-refractivity contribution in [2.45, 2.75) is 64.4 Å². The Morgan fingerprint density at radius 3 is 2.05 bits per heavy atom. The molecule has 7 nitrogen and oxygen atoms in total. The molecule has 0 heterocycles. The highest BCUT2D eigenvalue weighted by Gasteiger charge is 2.32. The van der Waals surface area contributed by atoms with Crippen LogP contribution in [0.4, 0.5) is 5.69 Å². The van der Waals surface area contributed by atoms with Crippen LogP contribution in [0.3, 0.4) is 0 Å². The monoisotopic (exact) mass is 583 g/mol. The first-order valence-corrected chi connectivity index (χ1v) is 15.3. The lowest BCUT2D eigenvalue weighted by Gasteiger charge is -2.32. The van der Waals surface area contributed by atoms with Crippen molar-refractivity contribution >= 4 is 39.1 Å². The summed E-state index contributed by atoms with van der Waals surface area (Å²) in [6.45, 7) is 9.69. The number of nitrogens with zero attached hydrogens (tertiary/aromatic N) is 2. The molecule has 214 valence electrons. The summed E-state index contributed by atoms with van der Waals surface area (Å²) in [7, 11) is -4.10. The van der Waals surface area contributed by atoms with Crippen molar-refractivity contribution in [3.8, 4) is 0 Å². The van der Waals surface area contributed by atoms with Crippen LogP contribution in [0.15, 0.2) is 77.7 Å². The summed E-state index contributed by atoms with van der Waals surface area (Å²) in [5.41, 5.74) is 3.10. The molecule has 9 heteroatoms. The van der Waals surface area contributed by atoms with E-state index in [1.807, 2.05) is 26.0 Å². The molecule has 0 spiro atoms. The summed E-state index contributed by atoms with van der Waals surface area (Å²) < 4.78 is 29.0. The Labute approximate surface area is 243 Å². The van der Waals surface area contributed by atoms with Gasteiger partial charge in [0.15, 0.2) is 0 Å². The van der Waals surface area contributed by atoms with Gasteiger partial charge in [-0.1, -0.05) is 74.3 Å². The van der Waals surface area contributed by atoms with Gasteiger partial charge in [0.25, 0.3) is 10.0 Å². The number of carbonyl (C=O) groups excluding carboxylic acids is 2. The maximum atomic E-state index is 13.9. The van der Waals surface area contributed by atoms with Gasteiger partial charge in [0.2, 0.25) is 11.8 Å². The largest absolute Gasteiger partial charge is 0.354 e. The molecule has 0 aliphatic carbocycles. The Morgan fingerprint density at radius 2 is 1.50 bits per heavy atom. The quantitative estimate of drug-likeness (QED) is 0.287. The minimum atomic E-state index is -4.10. The second kappa shape index (κ2) is 13.8. The highest BCUT2D eigenvalue weighted by atomic mass is 35.5. The Balaban J connectivity index is 2.03. The fourth-order valence-corrected chi connectivity index (χ4v) is 5.70. The van der Waals surface area contributed by atoms with Crippen LogP contribution in [0.25, 0.3) is 0 Å². The maximum absolute atomic E-state index is 13.9. The van der Waals surface area contributed by atoms with Gasteiger partial charge in [-0.05, 0) is 73.7 Å². The number of benzene rings is 3. The van der Waals surface area contributed by atoms with Gasteiger partial charge in [-0.25, -0.2) is 8.42 Å². The van der Waals surface area contributed by atoms with E-state index in [1.54, 1.807) is 55.5 Å². The minimum Gasteiger partial charge on any atom is -0.354 e. The fourth-order valence-electron chi connectivity index (χ4n) is 4.16. The number of rotatable bonds is 12. The lowest BCUT2D eigenvalue weighted by atomic mass is 10.0. The van der Waals surface area contributed by atoms with Crippen molar-refractivity contribution in [1.29, 1.82) is 0 Å². The van der Waals surface area contributed by atoms with Crippen LogP contribution in [0.5, 0.6) is 0 Å². The zero-order chi connectivity index (χ0) is 29.4. The molecule has 3 aromatic carbocycles. The van der Waals surface area contributed by atoms with Gasteiger partial charge in [0.1, 0.15) is 12.6 Å². The number of carbonyl (C=O) groups is 2. The molecule has 3 aromatic rings. The minimum absolute atomic E-state index is 0.0804. The number of halogens is 1. The molecule has 0 aromatic heterocycles. The van der Waals surface area contributed by atoms with Crippen LogP contribution in [0.1, 0.15) is 56.7 Å². The SMILES string of the molecule is CCCNC(=O)[C@H](C)N(Cc1ccc(Cl)cc1)C(=O)CN(c1ccc(C(C)C)cc1)S(=O)(=O)c1ccc(C)cc1. The molecule has 1 N–H and O–H groups in total. The maximum Gasteiger partial charge on any atom is 0.264 e. The van der Waals surface area contributed by atoms with Crippen LogP contribution in [-0.2, 0) is 26.2 Å². The summed E-state index contributed by atoms with van der Waals surface area (Å²) in [6.07, 6.45) is 0.749. The van der Waals surface area contributed by atoms with Crippen molar-refractivity contribution in [3.63, 3.8) is 0 Å². The summed E-state index contributed by atoms with van der Waals surface area (Å²) in [6, 6.07) is 19.9. The number of aryl methyl sites for hydroxylation is 1. The lowest BCUT2D eigenvalue weighted by molar-refractivity contribution is -0.139. The van der Waals surface area contributed by atoms with Gasteiger partial charge < -0.3 is 10.2 Å². The number of sulfonamides is 1. The molecule has 2 amide bonds. The van der Waals surface area contributed by atoms with Gasteiger partial charge in [-0.15, -0.1) is 0 Å². The third-order valence-corrected chi connectivity index (χ3v) is 8.76. The summed E-state index contributed by atoms with van der Waals surface area (Å²) in [5.74, 6) is -0.550. The van der Waals surface area contributed by atoms with Gasteiger partial charge in [0.05, 0.1) is 10.6 Å². The van der Waals surface area contributed by atoms with Gasteiger partial charge in [-0.3, -0.25) is 13.9 Å². The zero-order valence-corrected chi connectivity index (χ0v) is 25.3. The van der Waals surface area contributed by atoms with E-state index in [9.17, 15) is 18.0 Å². The molecule has 0 radical (unpaired) electrons. The smallest absolute Gasteiger partial charge is 0.264 e. The Hall–Kier alpha value is -3.36. The molecular formula is C31H38ClN3O4S. The highest BCUT2D eigenvalue weighted by molar-refractivity contribution is 7.92. The second-order valence-electron chi connectivity index (χ2n) is 10.2. The predicted molar refractivity (Wildman–Crippen MR) is 161 cm³/mol. The number of hydrogen-bond donors (Lipinski definition) is 1. The lowest BCUT2D eigenvalue weighted by Crippen LogP contribution is -2.51. The topological polar surface area (TPSA) is 86.8 Å². The van der Waals surface area contributed by atoms with Gasteiger partial charge in [-0.2, -0.15) is 0 Å². The molecular weight excluding hydrogens is 546 g/mol. The molecule has 1 atom stereocenters. The van der Waals surface area contributed by atoms with Crippen molar-refractivity contribution in [3.05, 3.63) is 94.5 Å². The molecule has 0 unspecified atom stereocenters. The van der Waals surface area contributed by atoms with Crippen molar-refractivity contribution < 1.29 is 18.0 Å². The summed E-state index contributed by atoms with van der Waals surface area (Å²) >= 11 is 6.05. The molecule has 0 aliphatic rings. The molecule has 0 bridgehead atoms. The van der Waals surface area contributed by atoms with E-state index in [2.05, 4.69) is 19.2 Å². The highest BCUT2D eigenvalue weighted by Crippen LogP contribution is 2.27. The van der Waals surface area contributed by atoms with Crippen molar-refractivity contribution in [1.82, 2.24) is 10.2 Å². The van der Waals surface area contributed by atoms with Crippen LogP contribution in [-0.4, -0.2) is 44.3 Å². The Bertz CT molecular complexity index is 1390. The van der Waals surface area contributed by atoms with E-state index >= 15 is 0 Å². The van der Waals surface area contributed by atoms with E-state index in [0.29, 0.717) is 17.3 Å². The van der Waals surface area contributed by atoms with Crippen molar-refractivity contribution in [2.75, 3.05) is 17.4 Å². The van der Waals surface area contributed by atoms with Gasteiger partial charge >= 0.3 is 0 Å². The predicted octanol–water partition coefficient (Wildman–Crippen LogP) is 5.91. The van der Waals surface area contributed by atoms with Crippen LogP contribution in [0.2, 0.25) is 5.02 Å². The number of hydrogen-bond acceptors (Lipinski definition) is 4. The third-order valence-electron chi connectivity index (χ3n) is 6.72. The van der Waals surface area contributed by atoms with E-state index in [0.717, 1.165) is 27.4 Å². The van der Waals surface area contributed by atoms with Crippen molar-refractivity contribution in [2.24, 2.45) is 0 Å². The Morgan fingerprint density at radius 1 is 0.900 bits per heavy atom. The van der Waals surface area contributed by atoms with Gasteiger partial charge in [0, 0.05) is 18.1 Å². The zero-order valence-electron chi connectivity index (χ0n) is 23.7. The molecule has 0 saturated heterocycles. The van der Waals surface area contributed by atoms with E-state index in [-0.39, 0.29) is 23.3 Å². The average molecular weight is 584 g/mol. The molecule has 0 aliphatic heterocycles. The number of anilines is 1. The van der Waals surface area contributed by atoms with E-state index in [4.69, 9.17) is 11.6 Å². The van der Waals surface area contributed by atoms with Crippen LogP contribution in [0, 0.1) is 6.92 Å². The molecule has 3 rings (SSSR count). The third kappa shape index (κ3) is 7.86. The first-order valence-electron chi connectivity index (χ1n) is 13.4. The molecule has 0 saturated carbocycles.